The van der Waals surface area contributed by atoms with E-state index in [9.17, 15) is 38.4 Å². The maximum absolute atomic E-state index is 12.9. The van der Waals surface area contributed by atoms with Gasteiger partial charge in [-0.15, -0.1) is 47.0 Å². The highest BCUT2D eigenvalue weighted by Crippen LogP contribution is 2.19. The molecule has 0 aromatic rings. The summed E-state index contributed by atoms with van der Waals surface area (Å²) in [7, 11) is 0. The number of carbonyl (C=O) groups excluding carboxylic acids is 8. The molecule has 1 aliphatic heterocycles. The maximum Gasteiger partial charge on any atom is 0.318 e. The standard InChI is InChI=1S/C63H114N4O16S4/c1-9-13-17-21-51-87-55(8)63(75)83-47-43-79-59(71)27-35-65(34-26-58(70)78-42-46-82-62(74)54(7)86-50-20-16-12-4)29-23-31-67-38-36-66(37-39-67)30-22-28-64(32-24-56(68)76-40-44-80-60(72)52(5)84-48-18-14-10-2)33-25-57(69)77-41-45-81-61(73)53(6)85-49-19-15-11-3/h52-55H,9-51H2,1-8H3. The van der Waals surface area contributed by atoms with Crippen molar-refractivity contribution in [3.05, 3.63) is 0 Å². The lowest BCUT2D eigenvalue weighted by molar-refractivity contribution is -0.152. The van der Waals surface area contributed by atoms with Crippen molar-refractivity contribution in [2.75, 3.05) is 154 Å². The molecule has 1 heterocycles. The number of hydrogen-bond acceptors (Lipinski definition) is 24. The SMILES string of the molecule is CCCCCCSC(C)C(=O)OCCOC(=O)CCN(CCCN1CCN(CCCN(CCC(=O)OCCOC(=O)C(C)SCCCCC)CCC(=O)OCCOC(=O)C(C)SCCCCC)CC1)CCC(=O)OCCOC(=O)C(C)SCCCCC. The topological polar surface area (TPSA) is 223 Å². The first-order valence-corrected chi connectivity index (χ1v) is 36.9. The summed E-state index contributed by atoms with van der Waals surface area (Å²) in [6.07, 6.45) is 16.3. The van der Waals surface area contributed by atoms with Crippen molar-refractivity contribution in [1.29, 1.82) is 0 Å². The van der Waals surface area contributed by atoms with Gasteiger partial charge in [0.2, 0.25) is 0 Å². The Kier molecular flexibility index (Phi) is 52.6. The van der Waals surface area contributed by atoms with Gasteiger partial charge >= 0.3 is 47.8 Å². The molecule has 0 saturated carbocycles. The Morgan fingerprint density at radius 2 is 0.552 bits per heavy atom. The minimum atomic E-state index is -0.424. The predicted molar refractivity (Wildman–Crippen MR) is 352 cm³/mol. The molecule has 0 aliphatic carbocycles. The summed E-state index contributed by atoms with van der Waals surface area (Å²) in [5.74, 6) is 0.574. The highest BCUT2D eigenvalue weighted by atomic mass is 32.2. The first-order valence-electron chi connectivity index (χ1n) is 32.7. The van der Waals surface area contributed by atoms with E-state index in [-0.39, 0.29) is 123 Å². The quantitative estimate of drug-likeness (QED) is 0.0314. The third kappa shape index (κ3) is 46.7. The van der Waals surface area contributed by atoms with Gasteiger partial charge in [-0.05, 0) is 115 Å². The monoisotopic (exact) mass is 1310 g/mol. The summed E-state index contributed by atoms with van der Waals surface area (Å²) in [5.41, 5.74) is 0. The molecule has 0 radical (unpaired) electrons. The van der Waals surface area contributed by atoms with Crippen molar-refractivity contribution in [2.45, 2.75) is 198 Å². The van der Waals surface area contributed by atoms with E-state index in [1.165, 1.54) is 6.42 Å². The number of nitrogens with zero attached hydrogens (tertiary/aromatic N) is 4. The van der Waals surface area contributed by atoms with E-state index < -0.39 is 23.9 Å². The molecule has 87 heavy (non-hydrogen) atoms. The predicted octanol–water partition coefficient (Wildman–Crippen LogP) is 9.53. The van der Waals surface area contributed by atoms with E-state index in [2.05, 4.69) is 47.3 Å². The zero-order valence-electron chi connectivity index (χ0n) is 54.7. The van der Waals surface area contributed by atoms with Crippen LogP contribution in [0.15, 0.2) is 0 Å². The fraction of sp³-hybridized carbons (Fsp3) is 0.873. The molecule has 0 bridgehead atoms. The number of unbranched alkanes of at least 4 members (excludes halogenated alkanes) is 9. The van der Waals surface area contributed by atoms with Crippen LogP contribution in [0.25, 0.3) is 0 Å². The molecule has 4 unspecified atom stereocenters. The lowest BCUT2D eigenvalue weighted by Gasteiger charge is -2.35. The van der Waals surface area contributed by atoms with Gasteiger partial charge in [0.15, 0.2) is 0 Å². The van der Waals surface area contributed by atoms with Crippen LogP contribution in [-0.4, -0.2) is 243 Å². The Bertz CT molecular complexity index is 1790. The average Bonchev–Trinajstić information content (AvgIpc) is 3.58. The Balaban J connectivity index is 2.75. The van der Waals surface area contributed by atoms with Crippen LogP contribution in [0.4, 0.5) is 0 Å². The molecule has 4 atom stereocenters. The van der Waals surface area contributed by atoms with Crippen molar-refractivity contribution in [3.8, 4) is 0 Å². The summed E-state index contributed by atoms with van der Waals surface area (Å²) >= 11 is 6.26. The molecular weight excluding hydrogens is 1200 g/mol. The average molecular weight is 1310 g/mol. The van der Waals surface area contributed by atoms with Crippen LogP contribution in [0.3, 0.4) is 0 Å². The van der Waals surface area contributed by atoms with Gasteiger partial charge in [-0.1, -0.05) is 85.5 Å². The van der Waals surface area contributed by atoms with Crippen molar-refractivity contribution in [1.82, 2.24) is 19.6 Å². The molecular formula is C63H114N4O16S4. The molecule has 0 amide bonds. The molecule has 0 N–H and O–H groups in total. The number of carbonyl (C=O) groups is 8. The van der Waals surface area contributed by atoms with E-state index in [0.29, 0.717) is 39.3 Å². The second-order valence-electron chi connectivity index (χ2n) is 21.9. The third-order valence-electron chi connectivity index (χ3n) is 14.3. The molecule has 506 valence electrons. The molecule has 0 aromatic carbocycles. The number of piperazine rings is 1. The van der Waals surface area contributed by atoms with E-state index in [1.807, 2.05) is 27.7 Å². The van der Waals surface area contributed by atoms with Gasteiger partial charge in [0.1, 0.15) is 52.9 Å². The van der Waals surface area contributed by atoms with Crippen LogP contribution in [0.5, 0.6) is 0 Å². The summed E-state index contributed by atoms with van der Waals surface area (Å²) in [5, 5.41) is -1.17. The highest BCUT2D eigenvalue weighted by Gasteiger charge is 2.22. The Hall–Kier alpha value is -3.00. The Morgan fingerprint density at radius 3 is 0.805 bits per heavy atom. The second kappa shape index (κ2) is 55.8. The summed E-state index contributed by atoms with van der Waals surface area (Å²) < 4.78 is 43.1. The van der Waals surface area contributed by atoms with Gasteiger partial charge in [0.25, 0.3) is 0 Å². The van der Waals surface area contributed by atoms with Gasteiger partial charge in [-0.3, -0.25) is 38.4 Å². The first kappa shape index (κ1) is 82.0. The number of rotatable bonds is 57. The van der Waals surface area contributed by atoms with Gasteiger partial charge in [0, 0.05) is 52.4 Å². The lowest BCUT2D eigenvalue weighted by atomic mass is 10.2. The number of thioether (sulfide) groups is 4. The highest BCUT2D eigenvalue weighted by molar-refractivity contribution is 8.01. The van der Waals surface area contributed by atoms with Crippen molar-refractivity contribution in [3.63, 3.8) is 0 Å². The second-order valence-corrected chi connectivity index (χ2v) is 27.7. The summed E-state index contributed by atoms with van der Waals surface area (Å²) in [4.78, 5) is 110. The largest absolute Gasteiger partial charge is 0.462 e. The van der Waals surface area contributed by atoms with E-state index >= 15 is 0 Å². The zero-order valence-corrected chi connectivity index (χ0v) is 57.9. The van der Waals surface area contributed by atoms with Crippen LogP contribution in [0.2, 0.25) is 0 Å². The minimum Gasteiger partial charge on any atom is -0.462 e. The van der Waals surface area contributed by atoms with E-state index in [0.717, 1.165) is 152 Å². The van der Waals surface area contributed by atoms with Gasteiger partial charge in [0.05, 0.1) is 46.7 Å². The van der Waals surface area contributed by atoms with Crippen LogP contribution >= 0.6 is 47.0 Å². The smallest absolute Gasteiger partial charge is 0.318 e. The van der Waals surface area contributed by atoms with Crippen LogP contribution in [0, 0.1) is 0 Å². The van der Waals surface area contributed by atoms with Gasteiger partial charge in [-0.2, -0.15) is 0 Å². The number of hydrogen-bond donors (Lipinski definition) is 0. The van der Waals surface area contributed by atoms with Crippen LogP contribution in [0.1, 0.15) is 177 Å². The fourth-order valence-corrected chi connectivity index (χ4v) is 12.5. The molecule has 0 spiro atoms. The minimum absolute atomic E-state index is 0.0160. The normalized spacial score (nSPS) is 14.2. The van der Waals surface area contributed by atoms with E-state index in [4.69, 9.17) is 37.9 Å². The fourth-order valence-electron chi connectivity index (χ4n) is 8.79. The molecule has 1 rings (SSSR count). The number of esters is 8. The summed E-state index contributed by atoms with van der Waals surface area (Å²) in [6, 6.07) is 0. The molecule has 20 nitrogen and oxygen atoms in total. The number of ether oxygens (including phenoxy) is 8. The molecule has 1 saturated heterocycles. The van der Waals surface area contributed by atoms with E-state index in [1.54, 1.807) is 47.0 Å². The molecule has 1 aliphatic rings. The molecule has 0 aromatic heterocycles. The van der Waals surface area contributed by atoms with Crippen molar-refractivity contribution in [2.24, 2.45) is 0 Å². The summed E-state index contributed by atoms with van der Waals surface area (Å²) in [6.45, 7) is 23.4. The van der Waals surface area contributed by atoms with Crippen molar-refractivity contribution >= 4 is 94.8 Å². The van der Waals surface area contributed by atoms with Gasteiger partial charge < -0.3 is 57.5 Å². The van der Waals surface area contributed by atoms with Crippen LogP contribution < -0.4 is 0 Å². The Morgan fingerprint density at radius 1 is 0.322 bits per heavy atom. The van der Waals surface area contributed by atoms with Gasteiger partial charge in [-0.25, -0.2) is 0 Å². The molecule has 1 fully saturated rings. The lowest BCUT2D eigenvalue weighted by Crippen LogP contribution is -2.47. The zero-order chi connectivity index (χ0) is 64.1. The van der Waals surface area contributed by atoms with Crippen molar-refractivity contribution < 1.29 is 76.3 Å². The Labute approximate surface area is 540 Å². The maximum atomic E-state index is 12.9. The third-order valence-corrected chi connectivity index (χ3v) is 19.2. The van der Waals surface area contributed by atoms with Crippen LogP contribution in [-0.2, 0) is 76.3 Å². The first-order chi connectivity index (χ1) is 42.0. The molecule has 24 heteroatoms.